The average Bonchev–Trinajstić information content (AvgIpc) is 2.30. The van der Waals surface area contributed by atoms with Crippen LogP contribution in [0.4, 0.5) is 0 Å². The average molecular weight is 215 g/mol. The van der Waals surface area contributed by atoms with E-state index in [4.69, 9.17) is 15.2 Å². The van der Waals surface area contributed by atoms with Crippen molar-refractivity contribution in [3.63, 3.8) is 0 Å². The molecule has 0 aromatic rings. The van der Waals surface area contributed by atoms with Crippen LogP contribution in [-0.4, -0.2) is 25.5 Å². The Morgan fingerprint density at radius 1 is 1.27 bits per heavy atom. The van der Waals surface area contributed by atoms with Gasteiger partial charge in [-0.2, -0.15) is 0 Å². The van der Waals surface area contributed by atoms with Gasteiger partial charge >= 0.3 is 0 Å². The van der Waals surface area contributed by atoms with Gasteiger partial charge in [-0.1, -0.05) is 13.3 Å². The third kappa shape index (κ3) is 3.74. The van der Waals surface area contributed by atoms with Gasteiger partial charge in [-0.15, -0.1) is 0 Å². The normalized spacial score (nSPS) is 31.8. The molecule has 1 fully saturated rings. The van der Waals surface area contributed by atoms with E-state index in [0.29, 0.717) is 19.9 Å². The summed E-state index contributed by atoms with van der Waals surface area (Å²) in [6.45, 7) is 5.97. The van der Waals surface area contributed by atoms with Gasteiger partial charge < -0.3 is 15.2 Å². The highest BCUT2D eigenvalue weighted by Crippen LogP contribution is 2.35. The summed E-state index contributed by atoms with van der Waals surface area (Å²) >= 11 is 0. The summed E-state index contributed by atoms with van der Waals surface area (Å²) < 4.78 is 11.0. The second-order valence-corrected chi connectivity index (χ2v) is 4.49. The van der Waals surface area contributed by atoms with Crippen molar-refractivity contribution in [3.05, 3.63) is 0 Å². The molecule has 0 atom stereocenters. The van der Waals surface area contributed by atoms with E-state index in [9.17, 15) is 0 Å². The molecule has 1 aliphatic carbocycles. The molecule has 0 aromatic carbocycles. The predicted octanol–water partition coefficient (Wildman–Crippen LogP) is 2.29. The van der Waals surface area contributed by atoms with Crippen LogP contribution in [0, 0.1) is 5.92 Å². The van der Waals surface area contributed by atoms with Crippen molar-refractivity contribution in [3.8, 4) is 0 Å². The predicted molar refractivity (Wildman–Crippen MR) is 61.6 cm³/mol. The summed E-state index contributed by atoms with van der Waals surface area (Å²) in [5.74, 6) is 0.875. The minimum Gasteiger partial charge on any atom is -0.356 e. The first-order valence-corrected chi connectivity index (χ1v) is 6.18. The second kappa shape index (κ2) is 6.46. The van der Waals surface area contributed by atoms with Crippen molar-refractivity contribution in [2.75, 3.05) is 19.9 Å². The zero-order valence-electron chi connectivity index (χ0n) is 10.1. The minimum atomic E-state index is -0.0964. The van der Waals surface area contributed by atoms with E-state index in [1.165, 1.54) is 19.3 Å². The van der Waals surface area contributed by atoms with E-state index in [0.717, 1.165) is 18.8 Å². The number of nitrogens with two attached hydrogens (primary N) is 1. The van der Waals surface area contributed by atoms with Crippen molar-refractivity contribution < 1.29 is 9.47 Å². The topological polar surface area (TPSA) is 44.5 Å². The van der Waals surface area contributed by atoms with Crippen LogP contribution in [0.3, 0.4) is 0 Å². The lowest BCUT2D eigenvalue weighted by Crippen LogP contribution is -2.44. The first-order chi connectivity index (χ1) is 7.26. The maximum absolute atomic E-state index is 5.83. The lowest BCUT2D eigenvalue weighted by Gasteiger charge is -2.38. The van der Waals surface area contributed by atoms with Crippen LogP contribution in [0.2, 0.25) is 0 Å². The van der Waals surface area contributed by atoms with Gasteiger partial charge in [0.1, 0.15) is 6.79 Å². The van der Waals surface area contributed by atoms with Gasteiger partial charge in [-0.25, -0.2) is 0 Å². The van der Waals surface area contributed by atoms with Crippen molar-refractivity contribution in [1.29, 1.82) is 0 Å². The SMILES string of the molecule is CCOCOC1(CN)CCC(CC)CC1. The Morgan fingerprint density at radius 2 is 1.93 bits per heavy atom. The maximum Gasteiger partial charge on any atom is 0.147 e. The number of rotatable bonds is 6. The van der Waals surface area contributed by atoms with Crippen molar-refractivity contribution in [1.82, 2.24) is 0 Å². The summed E-state index contributed by atoms with van der Waals surface area (Å²) in [5, 5.41) is 0. The van der Waals surface area contributed by atoms with E-state index < -0.39 is 0 Å². The van der Waals surface area contributed by atoms with E-state index in [-0.39, 0.29) is 5.60 Å². The third-order valence-electron chi connectivity index (χ3n) is 3.62. The minimum absolute atomic E-state index is 0.0964. The van der Waals surface area contributed by atoms with Gasteiger partial charge in [0.05, 0.1) is 5.60 Å². The number of ether oxygens (including phenoxy) is 2. The van der Waals surface area contributed by atoms with Crippen LogP contribution in [0.1, 0.15) is 46.0 Å². The van der Waals surface area contributed by atoms with Crippen LogP contribution in [0.25, 0.3) is 0 Å². The Hall–Kier alpha value is -0.120. The standard InChI is InChI=1S/C12H25NO2/c1-3-11-5-7-12(9-13,8-6-11)15-10-14-4-2/h11H,3-10,13H2,1-2H3. The van der Waals surface area contributed by atoms with Crippen LogP contribution in [0.5, 0.6) is 0 Å². The molecule has 0 bridgehead atoms. The summed E-state index contributed by atoms with van der Waals surface area (Å²) in [7, 11) is 0. The lowest BCUT2D eigenvalue weighted by atomic mass is 9.78. The molecule has 2 N–H and O–H groups in total. The van der Waals surface area contributed by atoms with E-state index in [1.807, 2.05) is 6.92 Å². The molecule has 0 unspecified atom stereocenters. The molecule has 1 saturated carbocycles. The van der Waals surface area contributed by atoms with Crippen LogP contribution < -0.4 is 5.73 Å². The first kappa shape index (κ1) is 12.9. The van der Waals surface area contributed by atoms with Crippen LogP contribution >= 0.6 is 0 Å². The number of hydrogen-bond acceptors (Lipinski definition) is 3. The van der Waals surface area contributed by atoms with Gasteiger partial charge in [-0.3, -0.25) is 0 Å². The molecule has 0 aromatic heterocycles. The molecule has 0 saturated heterocycles. The highest BCUT2D eigenvalue weighted by molar-refractivity contribution is 4.87. The molecule has 3 nitrogen and oxygen atoms in total. The molecule has 1 rings (SSSR count). The van der Waals surface area contributed by atoms with E-state index in [1.54, 1.807) is 0 Å². The summed E-state index contributed by atoms with van der Waals surface area (Å²) in [6, 6.07) is 0. The summed E-state index contributed by atoms with van der Waals surface area (Å²) in [4.78, 5) is 0. The lowest BCUT2D eigenvalue weighted by molar-refractivity contribution is -0.152. The van der Waals surface area contributed by atoms with Gasteiger partial charge in [0.25, 0.3) is 0 Å². The molecule has 0 radical (unpaired) electrons. The molecule has 1 aliphatic rings. The monoisotopic (exact) mass is 215 g/mol. The van der Waals surface area contributed by atoms with Gasteiger partial charge in [0.15, 0.2) is 0 Å². The van der Waals surface area contributed by atoms with Crippen molar-refractivity contribution >= 4 is 0 Å². The zero-order valence-corrected chi connectivity index (χ0v) is 10.1. The first-order valence-electron chi connectivity index (χ1n) is 6.18. The molecular formula is C12H25NO2. The highest BCUT2D eigenvalue weighted by Gasteiger charge is 2.34. The van der Waals surface area contributed by atoms with Crippen molar-refractivity contribution in [2.24, 2.45) is 11.7 Å². The molecule has 90 valence electrons. The molecule has 0 amide bonds. The van der Waals surface area contributed by atoms with Gasteiger partial charge in [0.2, 0.25) is 0 Å². The molecule has 0 heterocycles. The van der Waals surface area contributed by atoms with Gasteiger partial charge in [-0.05, 0) is 38.5 Å². The fraction of sp³-hybridized carbons (Fsp3) is 1.00. The quantitative estimate of drug-likeness (QED) is 0.546. The smallest absolute Gasteiger partial charge is 0.147 e. The third-order valence-corrected chi connectivity index (χ3v) is 3.62. The van der Waals surface area contributed by atoms with Crippen LogP contribution in [0.15, 0.2) is 0 Å². The van der Waals surface area contributed by atoms with E-state index in [2.05, 4.69) is 6.92 Å². The Labute approximate surface area is 93.3 Å². The number of hydrogen-bond donors (Lipinski definition) is 1. The van der Waals surface area contributed by atoms with Crippen molar-refractivity contribution in [2.45, 2.75) is 51.6 Å². The van der Waals surface area contributed by atoms with E-state index >= 15 is 0 Å². The molecule has 3 heteroatoms. The Balaban J connectivity index is 2.34. The zero-order chi connectivity index (χ0) is 11.1. The van der Waals surface area contributed by atoms with Crippen LogP contribution in [-0.2, 0) is 9.47 Å². The van der Waals surface area contributed by atoms with Gasteiger partial charge in [0, 0.05) is 13.2 Å². The fourth-order valence-electron chi connectivity index (χ4n) is 2.27. The highest BCUT2D eigenvalue weighted by atomic mass is 16.7. The molecule has 0 spiro atoms. The largest absolute Gasteiger partial charge is 0.356 e. The Morgan fingerprint density at radius 3 is 2.40 bits per heavy atom. The summed E-state index contributed by atoms with van der Waals surface area (Å²) in [6.07, 6.45) is 5.97. The maximum atomic E-state index is 5.83. The Kier molecular flexibility index (Phi) is 5.58. The molecular weight excluding hydrogens is 190 g/mol. The second-order valence-electron chi connectivity index (χ2n) is 4.49. The molecule has 0 aliphatic heterocycles. The summed E-state index contributed by atoms with van der Waals surface area (Å²) in [5.41, 5.74) is 5.73. The molecule has 15 heavy (non-hydrogen) atoms. The Bertz CT molecular complexity index is 159. The fourth-order valence-corrected chi connectivity index (χ4v) is 2.27.